The van der Waals surface area contributed by atoms with Crippen molar-refractivity contribution in [3.63, 3.8) is 0 Å². The van der Waals surface area contributed by atoms with Crippen LogP contribution >= 0.6 is 0 Å². The van der Waals surface area contributed by atoms with E-state index in [9.17, 15) is 0 Å². The highest BCUT2D eigenvalue weighted by Crippen LogP contribution is 2.56. The Morgan fingerprint density at radius 1 is 0.633 bits per heavy atom. The zero-order valence-corrected chi connectivity index (χ0v) is 27.1. The molecule has 2 aliphatic heterocycles. The molecule has 1 aliphatic carbocycles. The molecule has 3 heteroatoms. The molecule has 0 spiro atoms. The molecule has 0 bridgehead atoms. The normalized spacial score (nSPS) is 19.8. The number of allylic oxidation sites excluding steroid dienone is 2. The van der Waals surface area contributed by atoms with Crippen molar-refractivity contribution in [1.29, 1.82) is 0 Å². The van der Waals surface area contributed by atoms with Crippen LogP contribution in [0.25, 0.3) is 38.0 Å². The summed E-state index contributed by atoms with van der Waals surface area (Å²) >= 11 is 0. The van der Waals surface area contributed by atoms with Gasteiger partial charge in [0.25, 0.3) is 0 Å². The lowest BCUT2D eigenvalue weighted by Gasteiger charge is -2.32. The van der Waals surface area contributed by atoms with E-state index in [4.69, 9.17) is 4.99 Å². The second-order valence-electron chi connectivity index (χ2n) is 13.4. The quantitative estimate of drug-likeness (QED) is 0.155. The van der Waals surface area contributed by atoms with Crippen LogP contribution in [-0.4, -0.2) is 11.8 Å². The smallest absolute Gasteiger partial charge is 0.145 e. The molecular formula is C46H35N3. The first-order valence-electron chi connectivity index (χ1n) is 17.4. The second kappa shape index (κ2) is 11.4. The van der Waals surface area contributed by atoms with E-state index in [0.717, 1.165) is 40.9 Å². The van der Waals surface area contributed by atoms with Crippen molar-refractivity contribution in [3.8, 4) is 0 Å². The maximum atomic E-state index is 5.31. The van der Waals surface area contributed by atoms with Crippen molar-refractivity contribution in [2.75, 3.05) is 4.90 Å². The van der Waals surface area contributed by atoms with E-state index in [1.807, 2.05) is 0 Å². The standard InChI is InChI=1S/C46H35N3/c1-3-15-31(16-4-1)40-29-41(32-17-5-2-6-18-32)48-46(47-40)33-19-13-20-34(28-33)49-42-25-12-11-24-39(42)44-43-35-21-8-7-14-30(35)26-27-37(43)36-22-9-10-23-38(36)45(44)49/h1-10,12-23,25-29,39,42,46-47H,11,24H2. The molecule has 0 fully saturated rings. The van der Waals surface area contributed by atoms with Crippen molar-refractivity contribution in [3.05, 3.63) is 186 Å². The molecule has 3 atom stereocenters. The van der Waals surface area contributed by atoms with Gasteiger partial charge in [0.2, 0.25) is 0 Å². The first-order valence-corrected chi connectivity index (χ1v) is 17.4. The highest BCUT2D eigenvalue weighted by molar-refractivity contribution is 6.24. The molecule has 10 rings (SSSR count). The maximum absolute atomic E-state index is 5.31. The minimum atomic E-state index is -0.229. The summed E-state index contributed by atoms with van der Waals surface area (Å²) in [5.74, 6) is 0.407. The molecule has 0 radical (unpaired) electrons. The number of hydrogen-bond acceptors (Lipinski definition) is 3. The van der Waals surface area contributed by atoms with Crippen LogP contribution in [0.1, 0.15) is 47.2 Å². The fourth-order valence-corrected chi connectivity index (χ4v) is 8.53. The van der Waals surface area contributed by atoms with E-state index in [1.54, 1.807) is 0 Å². The number of benzene rings is 7. The number of fused-ring (bicyclic) bond motifs is 10. The van der Waals surface area contributed by atoms with E-state index in [-0.39, 0.29) is 12.2 Å². The number of nitrogens with zero attached hydrogens (tertiary/aromatic N) is 2. The Morgan fingerprint density at radius 3 is 2.20 bits per heavy atom. The fourth-order valence-electron chi connectivity index (χ4n) is 8.53. The predicted molar refractivity (Wildman–Crippen MR) is 206 cm³/mol. The lowest BCUT2D eigenvalue weighted by atomic mass is 9.82. The molecule has 234 valence electrons. The number of aliphatic imine (C=N–C) groups is 1. The van der Waals surface area contributed by atoms with Gasteiger partial charge in [0, 0.05) is 22.7 Å². The molecule has 7 aromatic rings. The topological polar surface area (TPSA) is 27.6 Å². The Balaban J connectivity index is 1.17. The molecule has 3 nitrogen and oxygen atoms in total. The Labute approximate surface area is 286 Å². The first kappa shape index (κ1) is 28.1. The van der Waals surface area contributed by atoms with Crippen molar-refractivity contribution in [1.82, 2.24) is 5.32 Å². The number of hydrogen-bond donors (Lipinski definition) is 1. The third-order valence-electron chi connectivity index (χ3n) is 10.7. The van der Waals surface area contributed by atoms with Crippen molar-refractivity contribution < 1.29 is 0 Å². The third kappa shape index (κ3) is 4.53. The van der Waals surface area contributed by atoms with Gasteiger partial charge in [-0.2, -0.15) is 0 Å². The molecule has 0 saturated heterocycles. The Bertz CT molecular complexity index is 2490. The summed E-state index contributed by atoms with van der Waals surface area (Å²) in [7, 11) is 0. The highest BCUT2D eigenvalue weighted by atomic mass is 15.2. The van der Waals surface area contributed by atoms with Gasteiger partial charge in [0.1, 0.15) is 6.17 Å². The average molecular weight is 630 g/mol. The fraction of sp³-hybridized carbons (Fsp3) is 0.109. The minimum Gasteiger partial charge on any atom is -0.360 e. The molecule has 7 aromatic carbocycles. The minimum absolute atomic E-state index is 0.229. The Hall–Kier alpha value is -5.93. The van der Waals surface area contributed by atoms with Crippen molar-refractivity contribution in [2.24, 2.45) is 4.99 Å². The Morgan fingerprint density at radius 2 is 1.37 bits per heavy atom. The zero-order chi connectivity index (χ0) is 32.3. The van der Waals surface area contributed by atoms with Crippen LogP contribution in [0.15, 0.2) is 169 Å². The monoisotopic (exact) mass is 629 g/mol. The van der Waals surface area contributed by atoms with E-state index >= 15 is 0 Å². The van der Waals surface area contributed by atoms with Gasteiger partial charge >= 0.3 is 0 Å². The van der Waals surface area contributed by atoms with Crippen molar-refractivity contribution >= 4 is 55.1 Å². The zero-order valence-electron chi connectivity index (χ0n) is 27.1. The van der Waals surface area contributed by atoms with Crippen LogP contribution < -0.4 is 10.2 Å². The molecule has 0 saturated carbocycles. The number of nitrogens with one attached hydrogen (secondary N) is 1. The summed E-state index contributed by atoms with van der Waals surface area (Å²) < 4.78 is 0. The largest absolute Gasteiger partial charge is 0.360 e. The molecule has 3 unspecified atom stereocenters. The molecule has 49 heavy (non-hydrogen) atoms. The second-order valence-corrected chi connectivity index (χ2v) is 13.4. The van der Waals surface area contributed by atoms with Crippen LogP contribution in [0.2, 0.25) is 0 Å². The molecule has 1 N–H and O–H groups in total. The van der Waals surface area contributed by atoms with Gasteiger partial charge in [-0.3, -0.25) is 4.99 Å². The van der Waals surface area contributed by atoms with Crippen LogP contribution in [0.5, 0.6) is 0 Å². The predicted octanol–water partition coefficient (Wildman–Crippen LogP) is 11.2. The van der Waals surface area contributed by atoms with E-state index < -0.39 is 0 Å². The molecule has 2 heterocycles. The Kier molecular flexibility index (Phi) is 6.51. The summed E-state index contributed by atoms with van der Waals surface area (Å²) in [6.45, 7) is 0. The van der Waals surface area contributed by atoms with Crippen LogP contribution in [0.4, 0.5) is 11.4 Å². The molecule has 3 aliphatic rings. The van der Waals surface area contributed by atoms with E-state index in [0.29, 0.717) is 5.92 Å². The highest BCUT2D eigenvalue weighted by Gasteiger charge is 2.42. The third-order valence-corrected chi connectivity index (χ3v) is 10.7. The van der Waals surface area contributed by atoms with Gasteiger partial charge in [-0.1, -0.05) is 146 Å². The van der Waals surface area contributed by atoms with Crippen LogP contribution in [-0.2, 0) is 0 Å². The summed E-state index contributed by atoms with van der Waals surface area (Å²) in [4.78, 5) is 7.95. The summed E-state index contributed by atoms with van der Waals surface area (Å²) in [6.07, 6.45) is 9.05. The van der Waals surface area contributed by atoms with Gasteiger partial charge in [0.15, 0.2) is 0 Å². The summed E-state index contributed by atoms with van der Waals surface area (Å²) in [5.41, 5.74) is 9.54. The average Bonchev–Trinajstić information content (AvgIpc) is 3.54. The van der Waals surface area contributed by atoms with Crippen LogP contribution in [0, 0.1) is 0 Å². The SMILES string of the molecule is C1=CC2C(CC1)c1c(c3ccccc3c3ccc4ccccc4c13)N2c1cccc(C2N=C(c3ccccc3)C=C(c3ccccc3)N2)c1. The van der Waals surface area contributed by atoms with Crippen LogP contribution in [0.3, 0.4) is 0 Å². The molecule has 0 aromatic heterocycles. The number of anilines is 2. The number of rotatable bonds is 4. The van der Waals surface area contributed by atoms with Crippen molar-refractivity contribution in [2.45, 2.75) is 31.0 Å². The van der Waals surface area contributed by atoms with Gasteiger partial charge in [-0.15, -0.1) is 0 Å². The maximum Gasteiger partial charge on any atom is 0.145 e. The van der Waals surface area contributed by atoms with Gasteiger partial charge in [0.05, 0.1) is 17.4 Å². The first-order chi connectivity index (χ1) is 24.3. The lowest BCUT2D eigenvalue weighted by molar-refractivity contribution is 0.575. The molecular weight excluding hydrogens is 595 g/mol. The molecule has 0 amide bonds. The van der Waals surface area contributed by atoms with Gasteiger partial charge < -0.3 is 10.2 Å². The van der Waals surface area contributed by atoms with E-state index in [1.165, 1.54) is 49.3 Å². The van der Waals surface area contributed by atoms with Gasteiger partial charge in [-0.05, 0) is 80.2 Å². The lowest BCUT2D eigenvalue weighted by Crippen LogP contribution is -2.30. The summed E-state index contributed by atoms with van der Waals surface area (Å²) in [5, 5.41) is 11.8. The van der Waals surface area contributed by atoms with Gasteiger partial charge in [-0.25, -0.2) is 0 Å². The summed E-state index contributed by atoms with van der Waals surface area (Å²) in [6, 6.07) is 53.0. The van der Waals surface area contributed by atoms with E-state index in [2.05, 4.69) is 174 Å².